The number of benzene rings is 2. The molecule has 1 aliphatic carbocycles. The molecule has 1 fully saturated rings. The Labute approximate surface area is 198 Å². The van der Waals surface area contributed by atoms with E-state index in [1.54, 1.807) is 36.4 Å². The van der Waals surface area contributed by atoms with E-state index in [4.69, 9.17) is 4.74 Å². The first-order valence-electron chi connectivity index (χ1n) is 10.9. The minimum Gasteiger partial charge on any atom is -0.484 e. The molecule has 4 rings (SSSR count). The third kappa shape index (κ3) is 5.09. The highest BCUT2D eigenvalue weighted by atomic mass is 79.9. The van der Waals surface area contributed by atoms with Crippen molar-refractivity contribution in [3.05, 3.63) is 64.1 Å². The average molecular weight is 525 g/mol. The van der Waals surface area contributed by atoms with Crippen molar-refractivity contribution in [3.63, 3.8) is 0 Å². The number of hydrogen-bond donors (Lipinski definition) is 1. The molecule has 0 bridgehead atoms. The van der Waals surface area contributed by atoms with E-state index in [1.165, 1.54) is 24.8 Å². The quantitative estimate of drug-likeness (QED) is 0.540. The largest absolute Gasteiger partial charge is 0.484 e. The van der Waals surface area contributed by atoms with Crippen LogP contribution in [0.15, 0.2) is 58.1 Å². The number of hydrogen-bond acceptors (Lipinski definition) is 4. The number of carbonyl (C=O) groups is 1. The number of aliphatic hydroxyl groups is 1. The van der Waals surface area contributed by atoms with Crippen LogP contribution in [0.1, 0.15) is 55.6 Å². The topological polar surface area (TPSA) is 62.1 Å². The zero-order valence-electron chi connectivity index (χ0n) is 17.8. The molecule has 5 nitrogen and oxygen atoms in total. The van der Waals surface area contributed by atoms with Crippen LogP contribution in [0.25, 0.3) is 0 Å². The molecule has 1 atom stereocenters. The van der Waals surface area contributed by atoms with Crippen molar-refractivity contribution in [2.45, 2.75) is 56.3 Å². The Morgan fingerprint density at radius 3 is 2.33 bits per heavy atom. The van der Waals surface area contributed by atoms with Gasteiger partial charge in [0.2, 0.25) is 0 Å². The summed E-state index contributed by atoms with van der Waals surface area (Å²) in [6.45, 7) is -0.682. The van der Waals surface area contributed by atoms with Crippen LogP contribution in [0.3, 0.4) is 0 Å². The maximum absolute atomic E-state index is 13.7. The Hall–Kier alpha value is -2.39. The van der Waals surface area contributed by atoms with Gasteiger partial charge in [0.05, 0.1) is 12.1 Å². The number of nitrogens with zero attached hydrogens (tertiary/aromatic N) is 2. The number of hydrazone groups is 1. The number of halogens is 4. The van der Waals surface area contributed by atoms with E-state index in [2.05, 4.69) is 21.0 Å². The van der Waals surface area contributed by atoms with Crippen molar-refractivity contribution in [2.75, 3.05) is 6.61 Å². The van der Waals surface area contributed by atoms with Crippen LogP contribution in [0, 0.1) is 0 Å². The summed E-state index contributed by atoms with van der Waals surface area (Å²) in [5.41, 5.74) is -1.88. The summed E-state index contributed by atoms with van der Waals surface area (Å²) in [5, 5.41) is 14.4. The van der Waals surface area contributed by atoms with Crippen molar-refractivity contribution in [2.24, 2.45) is 5.10 Å². The van der Waals surface area contributed by atoms with E-state index in [-0.39, 0.29) is 10.7 Å². The van der Waals surface area contributed by atoms with E-state index in [9.17, 15) is 23.1 Å². The molecule has 1 aliphatic heterocycles. The van der Waals surface area contributed by atoms with Crippen LogP contribution in [0.5, 0.6) is 5.75 Å². The molecule has 1 heterocycles. The number of ether oxygens (including phenoxy) is 1. The maximum Gasteiger partial charge on any atom is 0.438 e. The third-order valence-electron chi connectivity index (χ3n) is 6.17. The highest BCUT2D eigenvalue weighted by Gasteiger charge is 2.63. The Bertz CT molecular complexity index is 1020. The fourth-order valence-electron chi connectivity index (χ4n) is 4.31. The second kappa shape index (κ2) is 9.46. The van der Waals surface area contributed by atoms with Crippen molar-refractivity contribution in [3.8, 4) is 5.75 Å². The second-order valence-electron chi connectivity index (χ2n) is 8.44. The average Bonchev–Trinajstić information content (AvgIpc) is 3.18. The van der Waals surface area contributed by atoms with Gasteiger partial charge in [0.25, 0.3) is 11.6 Å². The van der Waals surface area contributed by atoms with E-state index in [0.29, 0.717) is 17.2 Å². The lowest BCUT2D eigenvalue weighted by Gasteiger charge is -2.32. The highest BCUT2D eigenvalue weighted by molar-refractivity contribution is 9.10. The standard InChI is InChI=1S/C24H24BrF3N2O3/c25-19-10-6-18(7-11-19)21-14-23(32,24(26,27)28)30(29-21)22(31)15-33-20-12-8-17(9-13-20)16-4-2-1-3-5-16/h6-13,16,32H,1-5,14-15H2/t23-/m1/s1. The lowest BCUT2D eigenvalue weighted by Crippen LogP contribution is -2.57. The van der Waals surface area contributed by atoms with Crippen LogP contribution >= 0.6 is 15.9 Å². The Morgan fingerprint density at radius 2 is 1.73 bits per heavy atom. The minimum atomic E-state index is -5.09. The van der Waals surface area contributed by atoms with Crippen LogP contribution in [0.2, 0.25) is 0 Å². The predicted molar refractivity (Wildman–Crippen MR) is 121 cm³/mol. The Balaban J connectivity index is 1.47. The van der Waals surface area contributed by atoms with Gasteiger partial charge in [-0.25, -0.2) is 0 Å². The smallest absolute Gasteiger partial charge is 0.438 e. The molecule has 1 N–H and O–H groups in total. The molecule has 33 heavy (non-hydrogen) atoms. The summed E-state index contributed by atoms with van der Waals surface area (Å²) in [6.07, 6.45) is -0.00150. The molecule has 0 aromatic heterocycles. The summed E-state index contributed by atoms with van der Waals surface area (Å²) >= 11 is 3.26. The van der Waals surface area contributed by atoms with E-state index >= 15 is 0 Å². The fraction of sp³-hybridized carbons (Fsp3) is 0.417. The van der Waals surface area contributed by atoms with Crippen molar-refractivity contribution in [1.82, 2.24) is 5.01 Å². The monoisotopic (exact) mass is 524 g/mol. The molecule has 0 radical (unpaired) electrons. The van der Waals surface area contributed by atoms with Crippen molar-refractivity contribution in [1.29, 1.82) is 0 Å². The van der Waals surface area contributed by atoms with Gasteiger partial charge < -0.3 is 9.84 Å². The summed E-state index contributed by atoms with van der Waals surface area (Å²) < 4.78 is 47.4. The van der Waals surface area contributed by atoms with E-state index in [0.717, 1.165) is 17.3 Å². The molecule has 176 valence electrons. The molecule has 0 saturated heterocycles. The molecule has 9 heteroatoms. The van der Waals surface area contributed by atoms with Crippen LogP contribution < -0.4 is 4.74 Å². The first-order chi connectivity index (χ1) is 15.7. The van der Waals surface area contributed by atoms with Crippen molar-refractivity contribution >= 4 is 27.5 Å². The summed E-state index contributed by atoms with van der Waals surface area (Å²) in [5.74, 6) is -0.208. The third-order valence-corrected chi connectivity index (χ3v) is 6.70. The SMILES string of the molecule is O=C(COc1ccc(C2CCCCC2)cc1)N1N=C(c2ccc(Br)cc2)C[C@@]1(O)C(F)(F)F. The molecular weight excluding hydrogens is 501 g/mol. The minimum absolute atomic E-state index is 0.0347. The molecule has 1 amide bonds. The summed E-state index contributed by atoms with van der Waals surface area (Å²) in [6, 6.07) is 13.7. The van der Waals surface area contributed by atoms with Gasteiger partial charge in [-0.3, -0.25) is 4.79 Å². The summed E-state index contributed by atoms with van der Waals surface area (Å²) in [4.78, 5) is 12.7. The van der Waals surface area contributed by atoms with E-state index in [1.807, 2.05) is 12.1 Å². The zero-order valence-corrected chi connectivity index (χ0v) is 19.4. The molecule has 0 unspecified atom stereocenters. The normalized spacial score (nSPS) is 21.7. The van der Waals surface area contributed by atoms with Gasteiger partial charge >= 0.3 is 6.18 Å². The Morgan fingerprint density at radius 1 is 1.09 bits per heavy atom. The zero-order chi connectivity index (χ0) is 23.6. The van der Waals surface area contributed by atoms with Gasteiger partial charge in [0, 0.05) is 4.47 Å². The second-order valence-corrected chi connectivity index (χ2v) is 9.36. The van der Waals surface area contributed by atoms with Gasteiger partial charge in [-0.05, 0) is 54.2 Å². The van der Waals surface area contributed by atoms with Gasteiger partial charge in [-0.2, -0.15) is 23.3 Å². The number of carbonyl (C=O) groups excluding carboxylic acids is 1. The van der Waals surface area contributed by atoms with Crippen molar-refractivity contribution < 1.29 is 27.8 Å². The van der Waals surface area contributed by atoms with E-state index < -0.39 is 30.8 Å². The van der Waals surface area contributed by atoms with Gasteiger partial charge in [0.15, 0.2) is 6.61 Å². The summed E-state index contributed by atoms with van der Waals surface area (Å²) in [7, 11) is 0. The van der Waals surface area contributed by atoms with Crippen LogP contribution in [0.4, 0.5) is 13.2 Å². The first kappa shape index (κ1) is 23.8. The molecule has 0 spiro atoms. The van der Waals surface area contributed by atoms with Gasteiger partial charge in [-0.15, -0.1) is 0 Å². The van der Waals surface area contributed by atoms with Crippen LogP contribution in [-0.4, -0.2) is 40.2 Å². The fourth-order valence-corrected chi connectivity index (χ4v) is 4.57. The van der Waals surface area contributed by atoms with Gasteiger partial charge in [0.1, 0.15) is 5.75 Å². The number of amides is 1. The Kier molecular flexibility index (Phi) is 6.81. The molecule has 2 aromatic rings. The number of alkyl halides is 3. The highest BCUT2D eigenvalue weighted by Crippen LogP contribution is 2.41. The first-order valence-corrected chi connectivity index (χ1v) is 11.6. The molecular formula is C24H24BrF3N2O3. The lowest BCUT2D eigenvalue weighted by atomic mass is 9.84. The predicted octanol–water partition coefficient (Wildman–Crippen LogP) is 5.76. The van der Waals surface area contributed by atoms with Crippen LogP contribution in [-0.2, 0) is 4.79 Å². The molecule has 2 aliphatic rings. The molecule has 2 aromatic carbocycles. The lowest BCUT2D eigenvalue weighted by molar-refractivity contribution is -0.302. The molecule has 1 saturated carbocycles. The number of rotatable bonds is 5. The van der Waals surface area contributed by atoms with Gasteiger partial charge in [-0.1, -0.05) is 59.5 Å². The maximum atomic E-state index is 13.7.